The number of rotatable bonds is 4. The summed E-state index contributed by atoms with van der Waals surface area (Å²) in [4.78, 5) is 9.88. The summed E-state index contributed by atoms with van der Waals surface area (Å²) in [6.45, 7) is 11.9. The predicted octanol–water partition coefficient (Wildman–Crippen LogP) is 5.22. The average molecular weight is 410 g/mol. The summed E-state index contributed by atoms with van der Waals surface area (Å²) < 4.78 is 11.9. The third-order valence-corrected chi connectivity index (χ3v) is 5.86. The van der Waals surface area contributed by atoms with Gasteiger partial charge in [-0.2, -0.15) is 4.98 Å². The van der Waals surface area contributed by atoms with Gasteiger partial charge in [0.15, 0.2) is 0 Å². The lowest BCUT2D eigenvalue weighted by Gasteiger charge is -2.39. The molecule has 0 amide bonds. The van der Waals surface area contributed by atoms with E-state index in [0.29, 0.717) is 18.0 Å². The number of aromatic nitrogens is 1. The number of benzene rings is 1. The first-order chi connectivity index (χ1) is 14.4. The van der Waals surface area contributed by atoms with E-state index in [2.05, 4.69) is 80.0 Å². The summed E-state index contributed by atoms with van der Waals surface area (Å²) in [7, 11) is 0. The fourth-order valence-electron chi connectivity index (χ4n) is 4.50. The van der Waals surface area contributed by atoms with Crippen molar-refractivity contribution in [3.05, 3.63) is 48.0 Å². The number of piperidine rings is 1. The highest BCUT2D eigenvalue weighted by atomic mass is 16.5. The fraction of sp³-hybridized carbons (Fsp3) is 0.560. The third-order valence-electron chi connectivity index (χ3n) is 5.86. The van der Waals surface area contributed by atoms with Crippen LogP contribution in [0.15, 0.2) is 42.5 Å². The molecule has 3 heterocycles. The van der Waals surface area contributed by atoms with Crippen molar-refractivity contribution in [1.29, 1.82) is 0 Å². The first kappa shape index (κ1) is 21.0. The van der Waals surface area contributed by atoms with Gasteiger partial charge in [-0.15, -0.1) is 0 Å². The van der Waals surface area contributed by atoms with Gasteiger partial charge in [0.05, 0.1) is 19.3 Å². The minimum Gasteiger partial charge on any atom is -0.472 e. The van der Waals surface area contributed by atoms with Crippen molar-refractivity contribution in [1.82, 2.24) is 4.98 Å². The van der Waals surface area contributed by atoms with Gasteiger partial charge in [0, 0.05) is 37.0 Å². The van der Waals surface area contributed by atoms with Gasteiger partial charge in [0.25, 0.3) is 0 Å². The highest BCUT2D eigenvalue weighted by Gasteiger charge is 2.28. The number of anilines is 2. The number of hydrogen-bond acceptors (Lipinski definition) is 5. The smallest absolute Gasteiger partial charge is 0.217 e. The summed E-state index contributed by atoms with van der Waals surface area (Å²) >= 11 is 0. The van der Waals surface area contributed by atoms with Gasteiger partial charge in [-0.05, 0) is 52.5 Å². The average Bonchev–Trinajstić information content (AvgIpc) is 2.73. The minimum atomic E-state index is -0.291. The molecule has 5 heteroatoms. The van der Waals surface area contributed by atoms with Crippen LogP contribution in [0, 0.1) is 0 Å². The Labute approximate surface area is 181 Å². The maximum Gasteiger partial charge on any atom is 0.217 e. The number of hydrogen-bond donors (Lipinski definition) is 0. The number of nitrogens with zero attached hydrogens (tertiary/aromatic N) is 3. The van der Waals surface area contributed by atoms with E-state index in [0.717, 1.165) is 38.5 Å². The van der Waals surface area contributed by atoms with Crippen LogP contribution < -0.4 is 14.5 Å². The normalized spacial score (nSPS) is 22.8. The Morgan fingerprint density at radius 3 is 2.57 bits per heavy atom. The van der Waals surface area contributed by atoms with Crippen LogP contribution in [0.2, 0.25) is 0 Å². The molecule has 0 radical (unpaired) electrons. The van der Waals surface area contributed by atoms with Crippen LogP contribution in [0.25, 0.3) is 0 Å². The molecule has 162 valence electrons. The summed E-state index contributed by atoms with van der Waals surface area (Å²) in [5, 5.41) is 0. The summed E-state index contributed by atoms with van der Waals surface area (Å²) in [6, 6.07) is 15.9. The van der Waals surface area contributed by atoms with E-state index >= 15 is 0 Å². The largest absolute Gasteiger partial charge is 0.472 e. The van der Waals surface area contributed by atoms with Gasteiger partial charge in [-0.1, -0.05) is 30.3 Å². The van der Waals surface area contributed by atoms with Crippen molar-refractivity contribution in [3.63, 3.8) is 0 Å². The zero-order chi connectivity index (χ0) is 21.1. The molecule has 1 aromatic carbocycles. The van der Waals surface area contributed by atoms with E-state index in [1.54, 1.807) is 0 Å². The van der Waals surface area contributed by atoms with Crippen molar-refractivity contribution in [2.24, 2.45) is 0 Å². The van der Waals surface area contributed by atoms with E-state index in [4.69, 9.17) is 14.5 Å². The molecule has 2 atom stereocenters. The molecule has 2 aliphatic rings. The van der Waals surface area contributed by atoms with Crippen LogP contribution in [0.5, 0.6) is 5.88 Å². The molecule has 0 spiro atoms. The Balaban J connectivity index is 1.73. The second-order valence-corrected chi connectivity index (χ2v) is 9.47. The number of morpholine rings is 1. The van der Waals surface area contributed by atoms with Gasteiger partial charge in [0.1, 0.15) is 11.4 Å². The van der Waals surface area contributed by atoms with E-state index < -0.39 is 0 Å². The topological polar surface area (TPSA) is 37.8 Å². The van der Waals surface area contributed by atoms with Gasteiger partial charge >= 0.3 is 0 Å². The van der Waals surface area contributed by atoms with E-state index in [-0.39, 0.29) is 5.60 Å². The maximum absolute atomic E-state index is 6.25. The fourth-order valence-corrected chi connectivity index (χ4v) is 4.50. The SMILES string of the molecule is CC1COCCN1c1cc(OC(C)(C)C)nc(N2CCCC[C@@H]2c2ccccc2)c1. The molecule has 0 saturated carbocycles. The predicted molar refractivity (Wildman–Crippen MR) is 123 cm³/mol. The third kappa shape index (κ3) is 4.89. The van der Waals surface area contributed by atoms with Crippen LogP contribution in [-0.4, -0.2) is 42.9 Å². The summed E-state index contributed by atoms with van der Waals surface area (Å²) in [5.41, 5.74) is 2.25. The summed E-state index contributed by atoms with van der Waals surface area (Å²) in [6.07, 6.45) is 3.60. The van der Waals surface area contributed by atoms with E-state index in [1.807, 2.05) is 0 Å². The van der Waals surface area contributed by atoms with Crippen LogP contribution in [0.3, 0.4) is 0 Å². The molecule has 5 nitrogen and oxygen atoms in total. The first-order valence-corrected chi connectivity index (χ1v) is 11.3. The van der Waals surface area contributed by atoms with Crippen LogP contribution in [0.1, 0.15) is 58.6 Å². The second-order valence-electron chi connectivity index (χ2n) is 9.47. The second kappa shape index (κ2) is 8.84. The Hall–Kier alpha value is -2.27. The Morgan fingerprint density at radius 1 is 1.03 bits per heavy atom. The highest BCUT2D eigenvalue weighted by molar-refractivity contribution is 5.60. The molecular formula is C25H35N3O2. The lowest BCUT2D eigenvalue weighted by molar-refractivity contribution is 0.0986. The monoisotopic (exact) mass is 409 g/mol. The Morgan fingerprint density at radius 2 is 1.83 bits per heavy atom. The standard InChI is InChI=1S/C25H35N3O2/c1-19-18-29-15-14-27(19)21-16-23(26-24(17-21)30-25(2,3)4)28-13-9-8-12-22(28)20-10-6-5-7-11-20/h5-7,10-11,16-17,19,22H,8-9,12-15,18H2,1-4H3/t19?,22-/m1/s1. The first-order valence-electron chi connectivity index (χ1n) is 11.3. The molecule has 0 bridgehead atoms. The Bertz CT molecular complexity index is 834. The zero-order valence-electron chi connectivity index (χ0n) is 18.8. The summed E-state index contributed by atoms with van der Waals surface area (Å²) in [5.74, 6) is 1.71. The van der Waals surface area contributed by atoms with Crippen molar-refractivity contribution in [3.8, 4) is 5.88 Å². The molecule has 2 fully saturated rings. The lowest BCUT2D eigenvalue weighted by Crippen LogP contribution is -2.44. The molecule has 0 N–H and O–H groups in total. The molecule has 2 aromatic rings. The van der Waals surface area contributed by atoms with Crippen molar-refractivity contribution in [2.75, 3.05) is 36.1 Å². The molecule has 0 aliphatic carbocycles. The van der Waals surface area contributed by atoms with Crippen molar-refractivity contribution < 1.29 is 9.47 Å². The molecule has 2 saturated heterocycles. The Kier molecular flexibility index (Phi) is 6.19. The zero-order valence-corrected chi connectivity index (χ0v) is 18.8. The quantitative estimate of drug-likeness (QED) is 0.692. The molecule has 1 aromatic heterocycles. The highest BCUT2D eigenvalue weighted by Crippen LogP contribution is 2.37. The molecule has 2 aliphatic heterocycles. The van der Waals surface area contributed by atoms with Gasteiger partial charge in [-0.25, -0.2) is 0 Å². The van der Waals surface area contributed by atoms with Crippen LogP contribution in [-0.2, 0) is 4.74 Å². The number of ether oxygens (including phenoxy) is 2. The molecule has 4 rings (SSSR count). The van der Waals surface area contributed by atoms with Gasteiger partial charge in [0.2, 0.25) is 5.88 Å². The molecular weight excluding hydrogens is 374 g/mol. The van der Waals surface area contributed by atoms with Crippen molar-refractivity contribution >= 4 is 11.5 Å². The van der Waals surface area contributed by atoms with E-state index in [1.165, 1.54) is 24.1 Å². The maximum atomic E-state index is 6.25. The van der Waals surface area contributed by atoms with Crippen LogP contribution >= 0.6 is 0 Å². The van der Waals surface area contributed by atoms with E-state index in [9.17, 15) is 0 Å². The van der Waals surface area contributed by atoms with Crippen molar-refractivity contribution in [2.45, 2.75) is 64.6 Å². The van der Waals surface area contributed by atoms with Crippen LogP contribution in [0.4, 0.5) is 11.5 Å². The van der Waals surface area contributed by atoms with Gasteiger partial charge < -0.3 is 19.3 Å². The van der Waals surface area contributed by atoms with Gasteiger partial charge in [-0.3, -0.25) is 0 Å². The molecule has 1 unspecified atom stereocenters. The lowest BCUT2D eigenvalue weighted by atomic mass is 9.95. The molecule has 30 heavy (non-hydrogen) atoms. The minimum absolute atomic E-state index is 0.291. The number of pyridine rings is 1.